The number of anilines is 1. The number of nitrogens with zero attached hydrogens (tertiary/aromatic N) is 3. The summed E-state index contributed by atoms with van der Waals surface area (Å²) in [6.45, 7) is 11.8. The number of aromatic nitrogens is 2. The molecule has 0 unspecified atom stereocenters. The molecule has 3 aromatic rings. The summed E-state index contributed by atoms with van der Waals surface area (Å²) in [5.74, 6) is -0.0390. The first-order valence-electron chi connectivity index (χ1n) is 17.0. The molecule has 0 fully saturated rings. The highest BCUT2D eigenvalue weighted by atomic mass is 32.2. The largest absolute Gasteiger partial charge is 0.748 e. The molecule has 0 radical (unpaired) electrons. The molecule has 1 aromatic heterocycles. The maximum atomic E-state index is 13.4. The topological polar surface area (TPSA) is 183 Å². The van der Waals surface area contributed by atoms with Crippen molar-refractivity contribution in [2.45, 2.75) is 89.2 Å². The Labute approximate surface area is 292 Å². The Kier molecular flexibility index (Phi) is 8.22. The van der Waals surface area contributed by atoms with Crippen molar-refractivity contribution in [1.82, 2.24) is 14.1 Å². The van der Waals surface area contributed by atoms with Crippen molar-refractivity contribution in [3.63, 3.8) is 0 Å². The lowest BCUT2D eigenvalue weighted by atomic mass is 9.83. The molecule has 4 aliphatic rings. The molecule has 3 N–H and O–H groups in total. The van der Waals surface area contributed by atoms with E-state index in [0.29, 0.717) is 41.9 Å². The zero-order valence-electron chi connectivity index (χ0n) is 28.9. The second kappa shape index (κ2) is 11.9. The van der Waals surface area contributed by atoms with E-state index in [1.54, 1.807) is 32.2 Å². The highest BCUT2D eigenvalue weighted by Gasteiger charge is 2.41. The van der Waals surface area contributed by atoms with E-state index < -0.39 is 36.4 Å². The number of hydrogen-bond donors (Lipinski definition) is 2. The van der Waals surface area contributed by atoms with Gasteiger partial charge in [-0.25, -0.2) is 26.4 Å². The van der Waals surface area contributed by atoms with Gasteiger partial charge in [0.2, 0.25) is 5.36 Å². The Morgan fingerprint density at radius 1 is 1.02 bits per heavy atom. The molecule has 0 saturated carbocycles. The van der Waals surface area contributed by atoms with Gasteiger partial charge in [-0.1, -0.05) is 13.0 Å². The van der Waals surface area contributed by atoms with Crippen LogP contribution in [0.25, 0.3) is 16.7 Å². The van der Waals surface area contributed by atoms with E-state index in [9.17, 15) is 25.9 Å². The molecule has 266 valence electrons. The smallest absolute Gasteiger partial charge is 0.215 e. The number of nitrogens with one attached hydrogen (secondary N) is 1. The number of benzene rings is 2. The third kappa shape index (κ3) is 5.80. The van der Waals surface area contributed by atoms with Gasteiger partial charge in [-0.2, -0.15) is 0 Å². The van der Waals surface area contributed by atoms with E-state index in [1.807, 2.05) is 10.8 Å². The van der Waals surface area contributed by atoms with E-state index >= 15 is 0 Å². The minimum absolute atomic E-state index is 0.0930. The first-order valence-corrected chi connectivity index (χ1v) is 20.0. The summed E-state index contributed by atoms with van der Waals surface area (Å²) in [5, 5.41) is 4.87. The van der Waals surface area contributed by atoms with Crippen LogP contribution in [0.15, 0.2) is 41.6 Å². The number of unbranched alkanes of at least 4 members (excludes halogenated alkanes) is 1. The van der Waals surface area contributed by atoms with Gasteiger partial charge < -0.3 is 29.5 Å². The number of rotatable bonds is 9. The highest BCUT2D eigenvalue weighted by Crippen LogP contribution is 2.50. The molecule has 50 heavy (non-hydrogen) atoms. The average molecular weight is 721 g/mol. The number of fused-ring (bicyclic) bond motifs is 4. The summed E-state index contributed by atoms with van der Waals surface area (Å²) in [6, 6.07) is 3.71. The van der Waals surface area contributed by atoms with Crippen LogP contribution in [-0.4, -0.2) is 65.4 Å². The van der Waals surface area contributed by atoms with E-state index in [4.69, 9.17) is 15.5 Å². The summed E-state index contributed by atoms with van der Waals surface area (Å²) >= 11 is 0. The Morgan fingerprint density at radius 3 is 2.46 bits per heavy atom. The maximum Gasteiger partial charge on any atom is 0.215 e. The quantitative estimate of drug-likeness (QED) is 0.148. The normalized spacial score (nSPS) is 18.6. The van der Waals surface area contributed by atoms with Crippen molar-refractivity contribution >= 4 is 42.6 Å². The van der Waals surface area contributed by atoms with Crippen molar-refractivity contribution in [2.24, 2.45) is 5.73 Å². The van der Waals surface area contributed by atoms with Crippen LogP contribution in [0.1, 0.15) is 88.4 Å². The molecule has 0 atom stereocenters. The Balaban J connectivity index is 1.67. The number of nitrogens with two attached hydrogens (primary N) is 1. The molecule has 4 aliphatic heterocycles. The van der Waals surface area contributed by atoms with Crippen molar-refractivity contribution in [3.8, 4) is 11.5 Å². The lowest BCUT2D eigenvalue weighted by molar-refractivity contribution is 0.361. The molecule has 12 nitrogen and oxygen atoms in total. The molecule has 14 heteroatoms. The molecule has 2 aromatic carbocycles. The molecule has 5 heterocycles. The third-order valence-corrected chi connectivity index (χ3v) is 11.6. The van der Waals surface area contributed by atoms with E-state index in [0.717, 1.165) is 48.7 Å². The fourth-order valence-corrected chi connectivity index (χ4v) is 9.54. The second-order valence-electron chi connectivity index (χ2n) is 14.7. The maximum absolute atomic E-state index is 13.4. The van der Waals surface area contributed by atoms with Crippen LogP contribution in [0.2, 0.25) is 0 Å². The SMILES string of the molecule is CCC1=CC(C)(C)[N+]2=c3c1cc1c(c3CCC2)Oc2c(cc3c(c2S(=O)(=O)[O-])NC(C)(C)C=C3CS(=O)(=O)[O-])C=1c1nccn1CCCCN. The summed E-state index contributed by atoms with van der Waals surface area (Å²) in [7, 11) is -10.1. The van der Waals surface area contributed by atoms with E-state index in [1.165, 1.54) is 5.57 Å². The number of hydrogen-bond acceptors (Lipinski definition) is 10. The molecular formula is C36H42N5O7S2-. The summed E-state index contributed by atoms with van der Waals surface area (Å²) in [4.78, 5) is 4.16. The van der Waals surface area contributed by atoms with Gasteiger partial charge in [0, 0.05) is 61.1 Å². The minimum Gasteiger partial charge on any atom is -0.748 e. The monoisotopic (exact) mass is 720 g/mol. The first-order chi connectivity index (χ1) is 23.4. The van der Waals surface area contributed by atoms with E-state index in [2.05, 4.69) is 42.8 Å². The minimum atomic E-state index is -5.26. The lowest BCUT2D eigenvalue weighted by Gasteiger charge is -2.37. The van der Waals surface area contributed by atoms with Crippen molar-refractivity contribution < 1.29 is 30.7 Å². The van der Waals surface area contributed by atoms with Crippen molar-refractivity contribution in [2.75, 3.05) is 24.2 Å². The van der Waals surface area contributed by atoms with Gasteiger partial charge >= 0.3 is 0 Å². The molecule has 0 amide bonds. The van der Waals surface area contributed by atoms with Crippen LogP contribution in [0.5, 0.6) is 11.5 Å². The predicted molar refractivity (Wildman–Crippen MR) is 189 cm³/mol. The fourth-order valence-electron chi connectivity index (χ4n) is 8.13. The standard InChI is InChI=1S/C36H43N5O7S2/c1-6-21-19-36(4,5)41-14-9-10-23-30(41)25(21)17-26-28(34-38-12-15-40(34)13-8-7-11-37)27-16-24-22(20-49(42,43)44)18-35(2,3)39-29(24)33(50(45,46)47)32(27)48-31(23)26/h12,15-19H,6-11,13-14,20,37H2,1-5H3,(H2,42,43,44,45,46,47)/p-1. The van der Waals surface area contributed by atoms with Gasteiger partial charge in [0.25, 0.3) is 0 Å². The van der Waals surface area contributed by atoms with Crippen LogP contribution in [0.4, 0.5) is 5.69 Å². The average Bonchev–Trinajstić information content (AvgIpc) is 3.47. The fraction of sp³-hybridized carbons (Fsp3) is 0.444. The number of aryl methyl sites for hydroxylation is 1. The van der Waals surface area contributed by atoms with E-state index in [-0.39, 0.29) is 33.7 Å². The van der Waals surface area contributed by atoms with Crippen LogP contribution in [0, 0.1) is 0 Å². The Morgan fingerprint density at radius 2 is 1.78 bits per heavy atom. The molecule has 0 aliphatic carbocycles. The van der Waals surface area contributed by atoms with Crippen LogP contribution >= 0.6 is 0 Å². The van der Waals surface area contributed by atoms with Gasteiger partial charge in [-0.15, -0.1) is 0 Å². The van der Waals surface area contributed by atoms with Gasteiger partial charge in [0.15, 0.2) is 11.3 Å². The zero-order valence-corrected chi connectivity index (χ0v) is 30.6. The number of ether oxygens (including phenoxy) is 1. The molecule has 0 spiro atoms. The molecule has 0 saturated heterocycles. The summed E-state index contributed by atoms with van der Waals surface area (Å²) in [5.41, 5.74) is 8.65. The predicted octanol–water partition coefficient (Wildman–Crippen LogP) is 3.03. The Bertz CT molecular complexity index is 2390. The summed E-state index contributed by atoms with van der Waals surface area (Å²) < 4.78 is 87.8. The molecule has 7 rings (SSSR count). The van der Waals surface area contributed by atoms with Crippen LogP contribution < -0.4 is 30.9 Å². The molecular weight excluding hydrogens is 679 g/mol. The zero-order chi connectivity index (χ0) is 36.0. The van der Waals surface area contributed by atoms with Crippen LogP contribution in [-0.2, 0) is 33.2 Å². The van der Waals surface area contributed by atoms with Gasteiger partial charge in [0.1, 0.15) is 33.1 Å². The third-order valence-electron chi connectivity index (χ3n) is 10.1. The summed E-state index contributed by atoms with van der Waals surface area (Å²) in [6.07, 6.45) is 11.2. The highest BCUT2D eigenvalue weighted by molar-refractivity contribution is 7.86. The second-order valence-corrected chi connectivity index (χ2v) is 17.4. The Hall–Kier alpha value is -3.82. The van der Waals surface area contributed by atoms with Crippen molar-refractivity contribution in [1.29, 1.82) is 0 Å². The van der Waals surface area contributed by atoms with Gasteiger partial charge in [-0.05, 0) is 75.4 Å². The number of imidazole rings is 1. The first kappa shape index (κ1) is 34.6. The van der Waals surface area contributed by atoms with Crippen LogP contribution in [0.3, 0.4) is 0 Å². The molecule has 0 bridgehead atoms. The van der Waals surface area contributed by atoms with Gasteiger partial charge in [0.05, 0.1) is 38.2 Å². The van der Waals surface area contributed by atoms with Gasteiger partial charge in [-0.3, -0.25) is 0 Å². The number of allylic oxidation sites excluding steroid dienone is 1. The van der Waals surface area contributed by atoms with Crippen molar-refractivity contribution in [3.05, 3.63) is 75.3 Å². The lowest BCUT2D eigenvalue weighted by Crippen LogP contribution is -2.53.